The molecule has 8 aromatic rings. The molecule has 3 aromatic carbocycles. The number of anilines is 8. The van der Waals surface area contributed by atoms with Crippen LogP contribution in [0.25, 0.3) is 0 Å². The molecule has 0 spiro atoms. The molecular formula is C49H65Cl2F2N19O. The maximum Gasteiger partial charge on any atom is 0.258 e. The van der Waals surface area contributed by atoms with E-state index in [1.165, 1.54) is 6.92 Å². The summed E-state index contributed by atoms with van der Waals surface area (Å²) in [4.78, 5) is 61.5. The van der Waals surface area contributed by atoms with Crippen molar-refractivity contribution in [3.8, 4) is 0 Å². The van der Waals surface area contributed by atoms with Gasteiger partial charge in [0.25, 0.3) is 5.91 Å². The van der Waals surface area contributed by atoms with Crippen LogP contribution in [0.1, 0.15) is 80.8 Å². The number of amides is 1. The van der Waals surface area contributed by atoms with E-state index in [1.54, 1.807) is 59.3 Å². The molecule has 0 unspecified atom stereocenters. The number of pyridine rings is 1. The van der Waals surface area contributed by atoms with E-state index in [0.29, 0.717) is 47.1 Å². The van der Waals surface area contributed by atoms with Gasteiger partial charge in [-0.2, -0.15) is 19.3 Å². The van der Waals surface area contributed by atoms with E-state index in [-0.39, 0.29) is 60.1 Å². The molecule has 0 saturated heterocycles. The minimum Gasteiger partial charge on any atom is -0.357 e. The molecule has 0 fully saturated rings. The number of aryl methyl sites for hydroxylation is 3. The summed E-state index contributed by atoms with van der Waals surface area (Å²) in [6.07, 6.45) is -0.353. The van der Waals surface area contributed by atoms with E-state index in [9.17, 15) is 13.6 Å². The van der Waals surface area contributed by atoms with Gasteiger partial charge in [-0.15, -0.1) is 0 Å². The van der Waals surface area contributed by atoms with E-state index >= 15 is 0 Å². The number of nitrogens with one attached hydrogen (secondary N) is 6. The van der Waals surface area contributed by atoms with Gasteiger partial charge in [-0.3, -0.25) is 10.1 Å². The van der Waals surface area contributed by atoms with Gasteiger partial charge in [0.15, 0.2) is 0 Å². The number of hydrogen-bond acceptors (Lipinski definition) is 19. The highest BCUT2D eigenvalue weighted by Gasteiger charge is 2.08. The first kappa shape index (κ1) is 59.1. The van der Waals surface area contributed by atoms with E-state index in [1.807, 2.05) is 108 Å². The molecule has 6 N–H and O–H groups in total. The second kappa shape index (κ2) is 38.5. The lowest BCUT2D eigenvalue weighted by atomic mass is 10.2. The lowest BCUT2D eigenvalue weighted by Gasteiger charge is -2.04. The Morgan fingerprint density at radius 1 is 0.507 bits per heavy atom. The number of carbonyl (C=O) groups is 1. The third-order valence-electron chi connectivity index (χ3n) is 7.44. The molecule has 0 saturated carbocycles. The Morgan fingerprint density at radius 2 is 0.863 bits per heavy atom. The van der Waals surface area contributed by atoms with Gasteiger partial charge in [0.1, 0.15) is 40.5 Å². The number of halogens is 4. The summed E-state index contributed by atoms with van der Waals surface area (Å²) in [5, 5.41) is 16.9. The first-order valence-corrected chi connectivity index (χ1v) is 22.8. The summed E-state index contributed by atoms with van der Waals surface area (Å²) >= 11 is 10.8. The predicted octanol–water partition coefficient (Wildman–Crippen LogP) is 11.7. The van der Waals surface area contributed by atoms with Crippen LogP contribution in [-0.4, -0.2) is 91.8 Å². The normalized spacial score (nSPS) is 9.62. The van der Waals surface area contributed by atoms with Crippen molar-refractivity contribution in [1.82, 2.24) is 64.8 Å². The van der Waals surface area contributed by atoms with Gasteiger partial charge in [0.2, 0.25) is 46.9 Å². The molecule has 5 heterocycles. The Morgan fingerprint density at radius 3 is 1.23 bits per heavy atom. The summed E-state index contributed by atoms with van der Waals surface area (Å²) in [7, 11) is 5.01. The lowest BCUT2D eigenvalue weighted by molar-refractivity contribution is 0.102. The first-order chi connectivity index (χ1) is 36.0. The molecule has 0 aliphatic carbocycles. The zero-order valence-electron chi connectivity index (χ0n) is 45.0. The fourth-order valence-electron chi connectivity index (χ4n) is 4.54. The Hall–Kier alpha value is -8.24. The van der Waals surface area contributed by atoms with E-state index in [0.717, 1.165) is 11.4 Å². The molecule has 20 nitrogen and oxygen atoms in total. The van der Waals surface area contributed by atoms with Crippen molar-refractivity contribution in [3.63, 3.8) is 0 Å². The average Bonchev–Trinajstić information content (AvgIpc) is 3.40. The quantitative estimate of drug-likeness (QED) is 0.0734. The van der Waals surface area contributed by atoms with Crippen molar-refractivity contribution in [3.05, 3.63) is 161 Å². The van der Waals surface area contributed by atoms with Crippen molar-refractivity contribution < 1.29 is 17.7 Å². The smallest absolute Gasteiger partial charge is 0.258 e. The Balaban J connectivity index is 0.000000915. The van der Waals surface area contributed by atoms with Gasteiger partial charge in [0, 0.05) is 44.1 Å². The van der Waals surface area contributed by atoms with Gasteiger partial charge >= 0.3 is 0 Å². The number of aromatic nitrogens is 13. The molecule has 73 heavy (non-hydrogen) atoms. The second-order valence-corrected chi connectivity index (χ2v) is 13.0. The average molecular weight is 1050 g/mol. The number of benzene rings is 3. The molecular weight excluding hydrogens is 980 g/mol. The molecule has 0 aliphatic heterocycles. The van der Waals surface area contributed by atoms with Crippen molar-refractivity contribution in [2.75, 3.05) is 53.0 Å². The Bertz CT molecular complexity index is 2730. The number of nitrogens with zero attached hydrogens (tertiary/aromatic N) is 13. The second-order valence-electron chi connectivity index (χ2n) is 12.3. The number of carbonyl (C=O) groups excluding carboxylic acids is 1. The van der Waals surface area contributed by atoms with Crippen LogP contribution in [0.15, 0.2) is 116 Å². The maximum atomic E-state index is 12.4. The largest absolute Gasteiger partial charge is 0.357 e. The molecule has 8 rings (SSSR count). The summed E-state index contributed by atoms with van der Waals surface area (Å²) in [5.41, 5.74) is 2.40. The molecule has 5 aromatic heterocycles. The summed E-state index contributed by atoms with van der Waals surface area (Å²) in [6, 6.07) is 28.4. The van der Waals surface area contributed by atoms with Crippen molar-refractivity contribution in [2.45, 2.75) is 69.7 Å². The van der Waals surface area contributed by atoms with Crippen LogP contribution in [0.2, 0.25) is 10.3 Å². The van der Waals surface area contributed by atoms with Crippen LogP contribution in [0.5, 0.6) is 0 Å². The van der Waals surface area contributed by atoms with Crippen LogP contribution >= 0.6 is 23.2 Å². The van der Waals surface area contributed by atoms with Crippen molar-refractivity contribution in [1.29, 1.82) is 0 Å². The fraction of sp³-hybridized carbons (Fsp3) is 0.265. The summed E-state index contributed by atoms with van der Waals surface area (Å²) < 4.78 is 46.8. The zero-order valence-corrected chi connectivity index (χ0v) is 43.5. The van der Waals surface area contributed by atoms with Crippen LogP contribution < -0.4 is 31.9 Å². The van der Waals surface area contributed by atoms with Gasteiger partial charge < -0.3 is 26.6 Å². The van der Waals surface area contributed by atoms with E-state index in [4.69, 9.17) is 27.3 Å². The molecule has 0 aliphatic rings. The van der Waals surface area contributed by atoms with Gasteiger partial charge in [-0.1, -0.05) is 115 Å². The first-order valence-electron chi connectivity index (χ1n) is 23.6. The SMILES string of the molecule is C.CC.CC.CC.Cc1nc(C)nc(Cl)n1.Cc1nc(F)cc(F)c1Cl.[3H]c1nc(NC)nc(NC(=O)c2ccccc2)n1.[3H]c1nc(NC)nc(Nc2ccccc2)n1.[3H]c1nc(NC)nc(Nc2ccccc2)n1. The lowest BCUT2D eigenvalue weighted by Crippen LogP contribution is -2.14. The number of rotatable bonds is 9. The maximum absolute atomic E-state index is 12.4. The standard InChI is InChI=1S/C11H11N5O.2C10H11N5.C6H4ClF2N.C5H6ClN3.3C2H6.CH4/c1-12-10-13-7-14-11(16-10)15-9(17)8-5-3-2-4-6-8;2*1-11-9-12-7-13-10(15-9)14-8-5-3-2-4-6-8;1-3-6(7)4(8)2-5(9)10-3;1-3-7-4(2)9-5(6)8-3;3*1-2;/h2-7H,1H3,(H2,12,13,14,15,16,17);2*2-7H,1H3,(H2,11,12,13,14,15);2H,1H3;1-2H3;3*1-2H3;1H4/i3*7T;;;;;;. The molecule has 0 radical (unpaired) electrons. The fourth-order valence-corrected chi connectivity index (χ4v) is 4.88. The highest BCUT2D eigenvalue weighted by Crippen LogP contribution is 2.17. The van der Waals surface area contributed by atoms with Gasteiger partial charge in [0.05, 0.1) is 10.7 Å². The number of para-hydroxylation sites is 2. The van der Waals surface area contributed by atoms with Crippen LogP contribution in [0.3, 0.4) is 0 Å². The highest BCUT2D eigenvalue weighted by molar-refractivity contribution is 6.31. The van der Waals surface area contributed by atoms with Crippen LogP contribution in [0, 0.1) is 32.5 Å². The van der Waals surface area contributed by atoms with Gasteiger partial charge in [-0.25, -0.2) is 54.2 Å². The third kappa shape index (κ3) is 26.5. The molecule has 0 bridgehead atoms. The highest BCUT2D eigenvalue weighted by atomic mass is 35.5. The summed E-state index contributed by atoms with van der Waals surface area (Å²) in [5.74, 6) is 1.11. The Kier molecular flexibility index (Phi) is 31.2. The minimum atomic E-state index is -0.848. The predicted molar refractivity (Wildman–Crippen MR) is 291 cm³/mol. The summed E-state index contributed by atoms with van der Waals surface area (Å²) in [6.45, 7) is 17.0. The number of hydrogen-bond donors (Lipinski definition) is 6. The van der Waals surface area contributed by atoms with E-state index in [2.05, 4.69) is 96.7 Å². The molecule has 0 atom stereocenters. The van der Waals surface area contributed by atoms with Crippen molar-refractivity contribution in [2.24, 2.45) is 0 Å². The monoisotopic (exact) mass is 1050 g/mol. The van der Waals surface area contributed by atoms with Gasteiger partial charge in [-0.05, 0) is 68.8 Å². The third-order valence-corrected chi connectivity index (χ3v) is 8.07. The Labute approximate surface area is 440 Å². The zero-order chi connectivity index (χ0) is 56.3. The van der Waals surface area contributed by atoms with Crippen molar-refractivity contribution >= 4 is 76.2 Å². The topological polar surface area (TPSA) is 257 Å². The van der Waals surface area contributed by atoms with Crippen LogP contribution in [-0.2, 0) is 0 Å². The molecule has 24 heteroatoms. The van der Waals surface area contributed by atoms with Crippen LogP contribution in [0.4, 0.5) is 55.8 Å². The minimum absolute atomic E-state index is 0. The molecule has 1 amide bonds. The molecule has 390 valence electrons. The van der Waals surface area contributed by atoms with E-state index < -0.39 is 11.8 Å².